The van der Waals surface area contributed by atoms with Gasteiger partial charge in [0.15, 0.2) is 0 Å². The van der Waals surface area contributed by atoms with E-state index in [9.17, 15) is 5.26 Å². The van der Waals surface area contributed by atoms with Gasteiger partial charge >= 0.3 is 0 Å². The summed E-state index contributed by atoms with van der Waals surface area (Å²) in [4.78, 5) is 6.87. The minimum absolute atomic E-state index is 0.407. The number of methoxy groups -OCH3 is 1. The van der Waals surface area contributed by atoms with Crippen LogP contribution in [0.3, 0.4) is 0 Å². The van der Waals surface area contributed by atoms with E-state index in [0.29, 0.717) is 32.7 Å². The highest BCUT2D eigenvalue weighted by Crippen LogP contribution is 2.38. The molecule has 3 aromatic carbocycles. The van der Waals surface area contributed by atoms with Crippen molar-refractivity contribution in [3.05, 3.63) is 76.4 Å². The Labute approximate surface area is 213 Å². The summed E-state index contributed by atoms with van der Waals surface area (Å²) in [5, 5.41) is 14.6. The number of nitriles is 1. The van der Waals surface area contributed by atoms with Gasteiger partial charge in [-0.25, -0.2) is 0 Å². The van der Waals surface area contributed by atoms with Crippen LogP contribution in [0.15, 0.2) is 60.8 Å². The van der Waals surface area contributed by atoms with E-state index in [2.05, 4.69) is 45.5 Å². The van der Waals surface area contributed by atoms with Gasteiger partial charge in [0.2, 0.25) is 0 Å². The zero-order valence-corrected chi connectivity index (χ0v) is 20.5. The standard InChI is InChI=1S/C27H22Cl2N4O2/c1-34-26-14-25(22(28)13-23(26)29)32-27-19(15-30)16-31-24-12-18(4-7-21(24)27)17-2-5-20(6-3-17)33-8-10-35-11-9-33/h2-7,12-14,16H,8-11H2,1H3,(H,31,32). The Morgan fingerprint density at radius 2 is 1.74 bits per heavy atom. The van der Waals surface area contributed by atoms with Crippen LogP contribution in [0.4, 0.5) is 17.1 Å². The fourth-order valence-corrected chi connectivity index (χ4v) is 4.70. The first kappa shape index (κ1) is 23.3. The second-order valence-corrected chi connectivity index (χ2v) is 8.94. The number of halogens is 2. The minimum atomic E-state index is 0.407. The molecule has 1 aromatic heterocycles. The highest BCUT2D eigenvalue weighted by atomic mass is 35.5. The summed E-state index contributed by atoms with van der Waals surface area (Å²) in [5.41, 5.74) is 5.70. The van der Waals surface area contributed by atoms with Crippen LogP contribution in [0.1, 0.15) is 5.56 Å². The fourth-order valence-electron chi connectivity index (χ4n) is 4.19. The van der Waals surface area contributed by atoms with Crippen molar-refractivity contribution in [2.75, 3.05) is 43.6 Å². The van der Waals surface area contributed by atoms with Crippen molar-refractivity contribution in [3.63, 3.8) is 0 Å². The van der Waals surface area contributed by atoms with Gasteiger partial charge < -0.3 is 19.7 Å². The zero-order chi connectivity index (χ0) is 24.4. The molecular formula is C27H22Cl2N4O2. The summed E-state index contributed by atoms with van der Waals surface area (Å²) in [6.45, 7) is 3.32. The number of hydrogen-bond donors (Lipinski definition) is 1. The number of hydrogen-bond acceptors (Lipinski definition) is 6. The maximum Gasteiger partial charge on any atom is 0.139 e. The van der Waals surface area contributed by atoms with Crippen molar-refractivity contribution in [1.82, 2.24) is 4.98 Å². The molecule has 176 valence electrons. The van der Waals surface area contributed by atoms with Gasteiger partial charge in [-0.15, -0.1) is 0 Å². The molecule has 0 aliphatic carbocycles. The summed E-state index contributed by atoms with van der Waals surface area (Å²) in [6, 6.07) is 20.1. The third-order valence-corrected chi connectivity index (χ3v) is 6.68. The van der Waals surface area contributed by atoms with Crippen LogP contribution in [-0.4, -0.2) is 38.4 Å². The molecule has 0 unspecified atom stereocenters. The summed E-state index contributed by atoms with van der Waals surface area (Å²) in [5.74, 6) is 0.484. The van der Waals surface area contributed by atoms with Crippen molar-refractivity contribution in [2.24, 2.45) is 0 Å². The monoisotopic (exact) mass is 504 g/mol. The van der Waals surface area contributed by atoms with Gasteiger partial charge in [-0.1, -0.05) is 47.5 Å². The highest BCUT2D eigenvalue weighted by Gasteiger charge is 2.15. The number of fused-ring (bicyclic) bond motifs is 1. The molecule has 1 fully saturated rings. The highest BCUT2D eigenvalue weighted by molar-refractivity contribution is 6.37. The predicted octanol–water partition coefficient (Wildman–Crippen LogP) is 6.67. The number of benzene rings is 3. The molecule has 1 aliphatic heterocycles. The number of anilines is 3. The second kappa shape index (κ2) is 10.0. The van der Waals surface area contributed by atoms with E-state index in [4.69, 9.17) is 32.7 Å². The van der Waals surface area contributed by atoms with E-state index in [1.54, 1.807) is 18.3 Å². The number of aromatic nitrogens is 1. The maximum atomic E-state index is 9.72. The molecule has 4 aromatic rings. The van der Waals surface area contributed by atoms with Crippen LogP contribution in [-0.2, 0) is 4.74 Å². The molecule has 0 spiro atoms. The molecule has 0 bridgehead atoms. The number of pyridine rings is 1. The van der Waals surface area contributed by atoms with Crippen LogP contribution in [0.25, 0.3) is 22.0 Å². The molecule has 1 N–H and O–H groups in total. The summed E-state index contributed by atoms with van der Waals surface area (Å²) in [6.07, 6.45) is 1.57. The van der Waals surface area contributed by atoms with E-state index in [1.165, 1.54) is 12.8 Å². The second-order valence-electron chi connectivity index (χ2n) is 8.13. The maximum absolute atomic E-state index is 9.72. The average Bonchev–Trinajstić information content (AvgIpc) is 2.90. The van der Waals surface area contributed by atoms with Crippen molar-refractivity contribution >= 4 is 51.2 Å². The molecule has 1 saturated heterocycles. The van der Waals surface area contributed by atoms with Crippen LogP contribution in [0.5, 0.6) is 5.75 Å². The van der Waals surface area contributed by atoms with Gasteiger partial charge in [0.05, 0.1) is 52.8 Å². The van der Waals surface area contributed by atoms with Crippen LogP contribution < -0.4 is 15.0 Å². The van der Waals surface area contributed by atoms with E-state index in [1.807, 2.05) is 18.2 Å². The Bertz CT molecular complexity index is 1430. The molecule has 5 rings (SSSR count). The van der Waals surface area contributed by atoms with Crippen molar-refractivity contribution in [3.8, 4) is 22.9 Å². The molecule has 35 heavy (non-hydrogen) atoms. The average molecular weight is 505 g/mol. The van der Waals surface area contributed by atoms with Crippen molar-refractivity contribution in [2.45, 2.75) is 0 Å². The Kier molecular flexibility index (Phi) is 6.65. The summed E-state index contributed by atoms with van der Waals surface area (Å²) >= 11 is 12.6. The minimum Gasteiger partial charge on any atom is -0.495 e. The number of ether oxygens (including phenoxy) is 2. The molecule has 0 saturated carbocycles. The lowest BCUT2D eigenvalue weighted by Crippen LogP contribution is -2.36. The van der Waals surface area contributed by atoms with Gasteiger partial charge in [0.25, 0.3) is 0 Å². The molecule has 6 nitrogen and oxygen atoms in total. The fraction of sp³-hybridized carbons (Fsp3) is 0.185. The smallest absolute Gasteiger partial charge is 0.139 e. The first-order valence-corrected chi connectivity index (χ1v) is 11.9. The Balaban J connectivity index is 1.50. The zero-order valence-electron chi connectivity index (χ0n) is 19.0. The number of rotatable bonds is 5. The molecule has 8 heteroatoms. The first-order chi connectivity index (χ1) is 17.1. The number of nitrogens with zero attached hydrogens (tertiary/aromatic N) is 3. The van der Waals surface area contributed by atoms with Gasteiger partial charge in [-0.2, -0.15) is 5.26 Å². The van der Waals surface area contributed by atoms with E-state index in [-0.39, 0.29) is 0 Å². The van der Waals surface area contributed by atoms with E-state index >= 15 is 0 Å². The largest absolute Gasteiger partial charge is 0.495 e. The third-order valence-electron chi connectivity index (χ3n) is 6.07. The van der Waals surface area contributed by atoms with Crippen molar-refractivity contribution < 1.29 is 9.47 Å². The summed E-state index contributed by atoms with van der Waals surface area (Å²) < 4.78 is 10.8. The van der Waals surface area contributed by atoms with Gasteiger partial charge in [-0.05, 0) is 35.4 Å². The SMILES string of the molecule is COc1cc(Nc2c(C#N)cnc3cc(-c4ccc(N5CCOCC5)cc4)ccc23)c(Cl)cc1Cl. The van der Waals surface area contributed by atoms with Gasteiger partial charge in [-0.3, -0.25) is 4.98 Å². The predicted molar refractivity (Wildman–Crippen MR) is 141 cm³/mol. The lowest BCUT2D eigenvalue weighted by Gasteiger charge is -2.28. The Morgan fingerprint density at radius 3 is 2.46 bits per heavy atom. The molecule has 1 aliphatic rings. The lowest BCUT2D eigenvalue weighted by atomic mass is 10.0. The normalized spacial score (nSPS) is 13.5. The van der Waals surface area contributed by atoms with Crippen LogP contribution in [0.2, 0.25) is 10.0 Å². The molecule has 2 heterocycles. The quantitative estimate of drug-likeness (QED) is 0.327. The molecule has 0 atom stereocenters. The third kappa shape index (κ3) is 4.71. The van der Waals surface area contributed by atoms with E-state index < -0.39 is 0 Å². The molecule has 0 amide bonds. The lowest BCUT2D eigenvalue weighted by molar-refractivity contribution is 0.122. The Hall–Kier alpha value is -3.50. The molecule has 0 radical (unpaired) electrons. The first-order valence-electron chi connectivity index (χ1n) is 11.1. The number of morpholine rings is 1. The topological polar surface area (TPSA) is 70.4 Å². The van der Waals surface area contributed by atoms with Crippen LogP contribution >= 0.6 is 23.2 Å². The van der Waals surface area contributed by atoms with E-state index in [0.717, 1.165) is 48.3 Å². The van der Waals surface area contributed by atoms with Gasteiger partial charge in [0.1, 0.15) is 11.8 Å². The Morgan fingerprint density at radius 1 is 1.00 bits per heavy atom. The number of nitrogens with one attached hydrogen (secondary N) is 1. The van der Waals surface area contributed by atoms with Crippen molar-refractivity contribution in [1.29, 1.82) is 5.26 Å². The van der Waals surface area contributed by atoms with Gasteiger partial charge in [0, 0.05) is 36.4 Å². The van der Waals surface area contributed by atoms with Crippen LogP contribution in [0, 0.1) is 11.3 Å². The molecular weight excluding hydrogens is 483 g/mol. The summed E-state index contributed by atoms with van der Waals surface area (Å²) in [7, 11) is 1.54.